The first-order valence-corrected chi connectivity index (χ1v) is 9.30. The Labute approximate surface area is 170 Å². The van der Waals surface area contributed by atoms with Crippen LogP contribution in [0.25, 0.3) is 0 Å². The summed E-state index contributed by atoms with van der Waals surface area (Å²) in [4.78, 5) is 11.8. The highest BCUT2D eigenvalue weighted by atomic mass is 19.4. The fourth-order valence-electron chi connectivity index (χ4n) is 4.44. The highest BCUT2D eigenvalue weighted by Crippen LogP contribution is 2.54. The Hall–Kier alpha value is -3.25. The van der Waals surface area contributed by atoms with Gasteiger partial charge in [0, 0.05) is 22.5 Å². The van der Waals surface area contributed by atoms with Crippen molar-refractivity contribution in [3.05, 3.63) is 52.6 Å². The number of fused-ring (bicyclic) bond motifs is 2. The molecular formula is C21H18F3N3O3. The number of aromatic hydroxyl groups is 1. The van der Waals surface area contributed by atoms with Gasteiger partial charge in [0.05, 0.1) is 18.0 Å². The van der Waals surface area contributed by atoms with Gasteiger partial charge >= 0.3 is 6.18 Å². The van der Waals surface area contributed by atoms with Crippen LogP contribution in [-0.2, 0) is 11.2 Å². The first kappa shape index (κ1) is 20.0. The van der Waals surface area contributed by atoms with E-state index in [2.05, 4.69) is 10.6 Å². The number of phenols is 1. The third-order valence-electron chi connectivity index (χ3n) is 5.85. The second-order valence-electron chi connectivity index (χ2n) is 7.74. The summed E-state index contributed by atoms with van der Waals surface area (Å²) in [5, 5.41) is 35.9. The number of nitriles is 1. The lowest BCUT2D eigenvalue weighted by Gasteiger charge is -2.45. The van der Waals surface area contributed by atoms with Crippen LogP contribution >= 0.6 is 0 Å². The van der Waals surface area contributed by atoms with Crippen LogP contribution in [0.3, 0.4) is 0 Å². The van der Waals surface area contributed by atoms with E-state index in [4.69, 9.17) is 0 Å². The number of hydrogen-bond donors (Lipinski definition) is 4. The number of rotatable bonds is 2. The van der Waals surface area contributed by atoms with E-state index >= 15 is 0 Å². The monoisotopic (exact) mass is 417 g/mol. The molecule has 9 heteroatoms. The second-order valence-corrected chi connectivity index (χ2v) is 7.74. The number of halogens is 3. The smallest absolute Gasteiger partial charge is 0.419 e. The molecule has 30 heavy (non-hydrogen) atoms. The average molecular weight is 417 g/mol. The number of amides is 1. The zero-order valence-electron chi connectivity index (χ0n) is 15.8. The summed E-state index contributed by atoms with van der Waals surface area (Å²) in [6.07, 6.45) is -5.67. The maximum absolute atomic E-state index is 14.1. The van der Waals surface area contributed by atoms with E-state index in [0.717, 1.165) is 0 Å². The van der Waals surface area contributed by atoms with E-state index in [1.54, 1.807) is 12.1 Å². The van der Waals surface area contributed by atoms with Gasteiger partial charge in [-0.05, 0) is 36.1 Å². The lowest BCUT2D eigenvalue weighted by Crippen LogP contribution is -2.55. The molecular weight excluding hydrogens is 399 g/mol. The van der Waals surface area contributed by atoms with Crippen LogP contribution in [0, 0.1) is 11.3 Å². The van der Waals surface area contributed by atoms with E-state index in [1.165, 1.54) is 25.1 Å². The first-order chi connectivity index (χ1) is 14.1. The van der Waals surface area contributed by atoms with Crippen LogP contribution in [0.4, 0.5) is 24.5 Å². The van der Waals surface area contributed by atoms with Gasteiger partial charge < -0.3 is 20.8 Å². The number of nitrogens with zero attached hydrogens (tertiary/aromatic N) is 1. The molecule has 0 radical (unpaired) electrons. The van der Waals surface area contributed by atoms with E-state index in [0.29, 0.717) is 11.3 Å². The predicted octanol–water partition coefficient (Wildman–Crippen LogP) is 3.71. The minimum Gasteiger partial charge on any atom is -0.506 e. The van der Waals surface area contributed by atoms with Gasteiger partial charge in [0.25, 0.3) is 0 Å². The fraction of sp³-hybridized carbons (Fsp3) is 0.333. The van der Waals surface area contributed by atoms with Crippen LogP contribution in [0.5, 0.6) is 5.75 Å². The Bertz CT molecular complexity index is 1090. The summed E-state index contributed by atoms with van der Waals surface area (Å²) < 4.78 is 42.2. The van der Waals surface area contributed by atoms with E-state index in [-0.39, 0.29) is 40.5 Å². The summed E-state index contributed by atoms with van der Waals surface area (Å²) in [5.74, 6) is -1.50. The highest BCUT2D eigenvalue weighted by molar-refractivity contribution is 6.01. The van der Waals surface area contributed by atoms with E-state index in [9.17, 15) is 33.4 Å². The molecule has 2 aliphatic rings. The molecule has 3 unspecified atom stereocenters. The van der Waals surface area contributed by atoms with Crippen LogP contribution in [-0.4, -0.2) is 27.9 Å². The Kier molecular flexibility index (Phi) is 4.43. The zero-order valence-corrected chi connectivity index (χ0v) is 15.8. The molecule has 0 spiro atoms. The molecule has 0 bridgehead atoms. The van der Waals surface area contributed by atoms with E-state index < -0.39 is 30.2 Å². The molecule has 1 amide bonds. The molecule has 0 fully saturated rings. The van der Waals surface area contributed by atoms with Gasteiger partial charge in [-0.1, -0.05) is 19.1 Å². The van der Waals surface area contributed by atoms with Gasteiger partial charge in [-0.2, -0.15) is 18.4 Å². The number of benzene rings is 2. The van der Waals surface area contributed by atoms with Gasteiger partial charge in [-0.15, -0.1) is 0 Å². The van der Waals surface area contributed by atoms with Crippen molar-refractivity contribution in [2.45, 2.75) is 43.5 Å². The number of aliphatic hydroxyl groups is 1. The topological polar surface area (TPSA) is 105 Å². The van der Waals surface area contributed by atoms with Crippen LogP contribution in [0.15, 0.2) is 30.3 Å². The molecule has 2 aromatic carbocycles. The molecule has 0 saturated heterocycles. The van der Waals surface area contributed by atoms with Crippen molar-refractivity contribution in [2.24, 2.45) is 0 Å². The highest BCUT2D eigenvalue weighted by Gasteiger charge is 2.62. The summed E-state index contributed by atoms with van der Waals surface area (Å²) in [5.41, 5.74) is -1.64. The molecule has 0 aromatic heterocycles. The van der Waals surface area contributed by atoms with Crippen molar-refractivity contribution in [2.75, 3.05) is 10.6 Å². The quantitative estimate of drug-likeness (QED) is 0.596. The zero-order chi connectivity index (χ0) is 21.8. The number of nitrogens with one attached hydrogen (secondary N) is 2. The van der Waals surface area contributed by atoms with Gasteiger partial charge in [0.2, 0.25) is 5.91 Å². The summed E-state index contributed by atoms with van der Waals surface area (Å²) in [6.45, 7) is 1.47. The Morgan fingerprint density at radius 2 is 2.03 bits per heavy atom. The standard InChI is InChI=1S/C21H18F3N3O3/c1-10-8-20(30,21(22,23)24)19(12-6-5-11(9-25)18(29)17(10)12)27-15-4-2-3-14-13(15)7-16(28)26-14/h2-6,10,19,27,29-30H,7-8H2,1H3,(H,26,28). The molecule has 6 nitrogen and oxygen atoms in total. The Morgan fingerprint density at radius 1 is 1.30 bits per heavy atom. The Balaban J connectivity index is 1.89. The molecule has 3 atom stereocenters. The molecule has 1 aliphatic carbocycles. The van der Waals surface area contributed by atoms with Crippen molar-refractivity contribution in [3.63, 3.8) is 0 Å². The molecule has 4 N–H and O–H groups in total. The van der Waals surface area contributed by atoms with Crippen LogP contribution < -0.4 is 10.6 Å². The largest absolute Gasteiger partial charge is 0.506 e. The van der Waals surface area contributed by atoms with Crippen molar-refractivity contribution >= 4 is 17.3 Å². The number of hydrogen-bond acceptors (Lipinski definition) is 5. The van der Waals surface area contributed by atoms with Crippen LogP contribution in [0.2, 0.25) is 0 Å². The molecule has 0 saturated carbocycles. The van der Waals surface area contributed by atoms with E-state index in [1.807, 2.05) is 6.07 Å². The third-order valence-corrected chi connectivity index (χ3v) is 5.85. The normalized spacial score (nSPS) is 25.1. The van der Waals surface area contributed by atoms with Crippen molar-refractivity contribution in [1.29, 1.82) is 5.26 Å². The maximum atomic E-state index is 14.1. The summed E-state index contributed by atoms with van der Waals surface area (Å²) in [6, 6.07) is 7.50. The van der Waals surface area contributed by atoms with Crippen molar-refractivity contribution in [3.8, 4) is 11.8 Å². The summed E-state index contributed by atoms with van der Waals surface area (Å²) in [7, 11) is 0. The van der Waals surface area contributed by atoms with Gasteiger partial charge in [-0.25, -0.2) is 0 Å². The summed E-state index contributed by atoms with van der Waals surface area (Å²) >= 11 is 0. The fourth-order valence-corrected chi connectivity index (χ4v) is 4.44. The minimum atomic E-state index is -4.97. The SMILES string of the molecule is CC1CC(O)(C(F)(F)F)C(Nc2cccc3c2CC(=O)N3)c2ccc(C#N)c(O)c21. The number of alkyl halides is 3. The van der Waals surface area contributed by atoms with Crippen molar-refractivity contribution < 1.29 is 28.2 Å². The number of anilines is 2. The first-order valence-electron chi connectivity index (χ1n) is 9.30. The molecule has 156 valence electrons. The van der Waals surface area contributed by atoms with Crippen LogP contribution in [0.1, 0.15) is 47.6 Å². The minimum absolute atomic E-state index is 0.00243. The molecule has 1 heterocycles. The molecule has 1 aliphatic heterocycles. The predicted molar refractivity (Wildman–Crippen MR) is 102 cm³/mol. The second kappa shape index (κ2) is 6.64. The Morgan fingerprint density at radius 3 is 2.70 bits per heavy atom. The maximum Gasteiger partial charge on any atom is 0.419 e. The number of carbonyl (C=O) groups excluding carboxylic acids is 1. The molecule has 2 aromatic rings. The third kappa shape index (κ3) is 2.87. The lowest BCUT2D eigenvalue weighted by molar-refractivity contribution is -0.272. The van der Waals surface area contributed by atoms with Gasteiger partial charge in [0.1, 0.15) is 11.8 Å². The average Bonchev–Trinajstić information content (AvgIpc) is 3.05. The van der Waals surface area contributed by atoms with Gasteiger partial charge in [-0.3, -0.25) is 4.79 Å². The number of carbonyl (C=O) groups is 1. The lowest BCUT2D eigenvalue weighted by atomic mass is 9.70. The number of phenolic OH excluding ortho intramolecular Hbond substituents is 1. The molecule has 4 rings (SSSR count). The van der Waals surface area contributed by atoms with Gasteiger partial charge in [0.15, 0.2) is 5.60 Å². The van der Waals surface area contributed by atoms with Crippen molar-refractivity contribution in [1.82, 2.24) is 0 Å².